The minimum absolute atomic E-state index is 0.298. The molecule has 0 bridgehead atoms. The van der Waals surface area contributed by atoms with Gasteiger partial charge in [0.2, 0.25) is 0 Å². The first-order valence-electron chi connectivity index (χ1n) is 4.20. The first-order chi connectivity index (χ1) is 5.24. The zero-order valence-corrected chi connectivity index (χ0v) is 6.84. The van der Waals surface area contributed by atoms with Gasteiger partial charge in [-0.15, -0.1) is 0 Å². The predicted molar refractivity (Wildman–Crippen MR) is 42.4 cm³/mol. The van der Waals surface area contributed by atoms with Crippen LogP contribution < -0.4 is 5.32 Å². The van der Waals surface area contributed by atoms with Crippen molar-refractivity contribution < 1.29 is 9.90 Å². The van der Waals surface area contributed by atoms with Gasteiger partial charge in [-0.3, -0.25) is 4.79 Å². The van der Waals surface area contributed by atoms with Crippen LogP contribution in [-0.2, 0) is 4.79 Å². The third kappa shape index (κ3) is 2.19. The minimum Gasteiger partial charge on any atom is -0.480 e. The molecule has 0 radical (unpaired) electrons. The lowest BCUT2D eigenvalue weighted by atomic mass is 9.90. The summed E-state index contributed by atoms with van der Waals surface area (Å²) in [6, 6.07) is -0.298. The van der Waals surface area contributed by atoms with E-state index in [1.165, 1.54) is 0 Å². The highest BCUT2D eigenvalue weighted by molar-refractivity contribution is 5.73. The molecule has 1 saturated heterocycles. The van der Waals surface area contributed by atoms with E-state index < -0.39 is 5.97 Å². The number of rotatable bonds is 2. The molecule has 0 saturated carbocycles. The second-order valence-electron chi connectivity index (χ2n) is 3.14. The van der Waals surface area contributed by atoms with Crippen LogP contribution in [0, 0.1) is 5.92 Å². The van der Waals surface area contributed by atoms with Gasteiger partial charge < -0.3 is 10.4 Å². The van der Waals surface area contributed by atoms with Crippen LogP contribution in [0.25, 0.3) is 0 Å². The zero-order valence-electron chi connectivity index (χ0n) is 6.84. The standard InChI is InChI=1S/C8H15NO2/c1-2-6-3-4-9-7(5-6)8(10)11/h6-7,9H,2-5H2,1H3,(H,10,11)/t6-,7-/m1/s1. The lowest BCUT2D eigenvalue weighted by Crippen LogP contribution is -2.43. The fraction of sp³-hybridized carbons (Fsp3) is 0.875. The average molecular weight is 157 g/mol. The molecule has 0 spiro atoms. The maximum atomic E-state index is 10.6. The number of hydrogen-bond donors (Lipinski definition) is 2. The van der Waals surface area contributed by atoms with Gasteiger partial charge in [0.1, 0.15) is 6.04 Å². The fourth-order valence-electron chi connectivity index (χ4n) is 1.56. The van der Waals surface area contributed by atoms with Crippen LogP contribution in [-0.4, -0.2) is 23.7 Å². The summed E-state index contributed by atoms with van der Waals surface area (Å²) in [5, 5.41) is 11.7. The van der Waals surface area contributed by atoms with Crippen LogP contribution in [0.2, 0.25) is 0 Å². The molecule has 11 heavy (non-hydrogen) atoms. The lowest BCUT2D eigenvalue weighted by Gasteiger charge is -2.26. The quantitative estimate of drug-likeness (QED) is 0.624. The molecule has 0 aliphatic carbocycles. The molecule has 1 aliphatic heterocycles. The first-order valence-corrected chi connectivity index (χ1v) is 4.20. The van der Waals surface area contributed by atoms with E-state index in [4.69, 9.17) is 5.11 Å². The molecule has 0 aromatic carbocycles. The summed E-state index contributed by atoms with van der Waals surface area (Å²) in [6.07, 6.45) is 3.03. The number of carboxylic acids is 1. The van der Waals surface area contributed by atoms with E-state index in [2.05, 4.69) is 12.2 Å². The SMILES string of the molecule is CC[C@@H]1CCN[C@@H](C(=O)O)C1. The molecule has 0 unspecified atom stereocenters. The van der Waals surface area contributed by atoms with Gasteiger partial charge >= 0.3 is 5.97 Å². The Morgan fingerprint density at radius 2 is 2.45 bits per heavy atom. The topological polar surface area (TPSA) is 49.3 Å². The van der Waals surface area contributed by atoms with E-state index in [0.717, 1.165) is 25.8 Å². The van der Waals surface area contributed by atoms with E-state index >= 15 is 0 Å². The van der Waals surface area contributed by atoms with Crippen molar-refractivity contribution in [1.29, 1.82) is 0 Å². The van der Waals surface area contributed by atoms with Gasteiger partial charge in [0, 0.05) is 0 Å². The normalized spacial score (nSPS) is 31.7. The van der Waals surface area contributed by atoms with Gasteiger partial charge in [0.15, 0.2) is 0 Å². The van der Waals surface area contributed by atoms with Crippen molar-refractivity contribution in [3.8, 4) is 0 Å². The molecular formula is C8H15NO2. The molecule has 64 valence electrons. The van der Waals surface area contributed by atoms with E-state index in [0.29, 0.717) is 5.92 Å². The molecule has 2 N–H and O–H groups in total. The highest BCUT2D eigenvalue weighted by atomic mass is 16.4. The van der Waals surface area contributed by atoms with Gasteiger partial charge in [0.05, 0.1) is 0 Å². The van der Waals surface area contributed by atoms with Crippen molar-refractivity contribution in [2.75, 3.05) is 6.54 Å². The molecule has 0 amide bonds. The summed E-state index contributed by atoms with van der Waals surface area (Å²) in [4.78, 5) is 10.6. The maximum absolute atomic E-state index is 10.6. The van der Waals surface area contributed by atoms with Gasteiger partial charge in [-0.1, -0.05) is 13.3 Å². The fourth-order valence-corrected chi connectivity index (χ4v) is 1.56. The third-order valence-corrected chi connectivity index (χ3v) is 2.39. The van der Waals surface area contributed by atoms with E-state index in [1.807, 2.05) is 0 Å². The van der Waals surface area contributed by atoms with Crippen LogP contribution in [0.1, 0.15) is 26.2 Å². The van der Waals surface area contributed by atoms with Crippen LogP contribution in [0.3, 0.4) is 0 Å². The molecule has 0 aromatic rings. The van der Waals surface area contributed by atoms with E-state index in [9.17, 15) is 4.79 Å². The summed E-state index contributed by atoms with van der Waals surface area (Å²) in [6.45, 7) is 2.98. The Bertz CT molecular complexity index is 147. The number of piperidine rings is 1. The number of carboxylic acid groups (broad SMARTS) is 1. The summed E-state index contributed by atoms with van der Waals surface area (Å²) >= 11 is 0. The molecule has 1 rings (SSSR count). The van der Waals surface area contributed by atoms with Gasteiger partial charge in [-0.2, -0.15) is 0 Å². The monoisotopic (exact) mass is 157 g/mol. The Labute approximate surface area is 66.8 Å². The maximum Gasteiger partial charge on any atom is 0.320 e. The largest absolute Gasteiger partial charge is 0.480 e. The van der Waals surface area contributed by atoms with Crippen molar-refractivity contribution in [1.82, 2.24) is 5.32 Å². The van der Waals surface area contributed by atoms with Crippen molar-refractivity contribution >= 4 is 5.97 Å². The molecule has 0 aromatic heterocycles. The molecular weight excluding hydrogens is 142 g/mol. The van der Waals surface area contributed by atoms with Gasteiger partial charge in [-0.25, -0.2) is 0 Å². The molecule has 3 heteroatoms. The highest BCUT2D eigenvalue weighted by Crippen LogP contribution is 2.18. The van der Waals surface area contributed by atoms with Crippen molar-refractivity contribution in [3.05, 3.63) is 0 Å². The van der Waals surface area contributed by atoms with E-state index in [-0.39, 0.29) is 6.04 Å². The Kier molecular flexibility index (Phi) is 2.88. The van der Waals surface area contributed by atoms with Crippen molar-refractivity contribution in [3.63, 3.8) is 0 Å². The zero-order chi connectivity index (χ0) is 8.27. The van der Waals surface area contributed by atoms with Gasteiger partial charge in [-0.05, 0) is 25.3 Å². The Morgan fingerprint density at radius 1 is 1.73 bits per heavy atom. The Hall–Kier alpha value is -0.570. The van der Waals surface area contributed by atoms with Crippen LogP contribution in [0.5, 0.6) is 0 Å². The number of aliphatic carboxylic acids is 1. The second kappa shape index (κ2) is 3.72. The average Bonchev–Trinajstić information content (AvgIpc) is 2.05. The smallest absolute Gasteiger partial charge is 0.320 e. The lowest BCUT2D eigenvalue weighted by molar-refractivity contribution is -0.140. The number of nitrogens with one attached hydrogen (secondary N) is 1. The Morgan fingerprint density at radius 3 is 3.00 bits per heavy atom. The molecule has 1 aliphatic rings. The second-order valence-corrected chi connectivity index (χ2v) is 3.14. The predicted octanol–water partition coefficient (Wildman–Crippen LogP) is 0.849. The number of hydrogen-bond acceptors (Lipinski definition) is 2. The van der Waals surface area contributed by atoms with E-state index in [1.54, 1.807) is 0 Å². The Balaban J connectivity index is 2.39. The molecule has 3 nitrogen and oxygen atoms in total. The van der Waals surface area contributed by atoms with Crippen LogP contribution in [0.15, 0.2) is 0 Å². The number of carbonyl (C=O) groups is 1. The summed E-state index contributed by atoms with van der Waals surface area (Å²) in [7, 11) is 0. The minimum atomic E-state index is -0.705. The molecule has 1 fully saturated rings. The molecule has 2 atom stereocenters. The van der Waals surface area contributed by atoms with Crippen molar-refractivity contribution in [2.45, 2.75) is 32.2 Å². The highest BCUT2D eigenvalue weighted by Gasteiger charge is 2.24. The van der Waals surface area contributed by atoms with Crippen LogP contribution >= 0.6 is 0 Å². The van der Waals surface area contributed by atoms with Gasteiger partial charge in [0.25, 0.3) is 0 Å². The van der Waals surface area contributed by atoms with Crippen molar-refractivity contribution in [2.24, 2.45) is 5.92 Å². The molecule has 1 heterocycles. The summed E-state index contributed by atoms with van der Waals surface area (Å²) < 4.78 is 0. The first kappa shape index (κ1) is 8.53. The van der Waals surface area contributed by atoms with Crippen LogP contribution in [0.4, 0.5) is 0 Å². The summed E-state index contributed by atoms with van der Waals surface area (Å²) in [5.41, 5.74) is 0. The third-order valence-electron chi connectivity index (χ3n) is 2.39. The summed E-state index contributed by atoms with van der Waals surface area (Å²) in [5.74, 6) is -0.0968.